The SMILES string of the molecule is CCNC(=NCc1ccc(N2CCCCCC2)nc1)NCC1CCCN1CC. The van der Waals surface area contributed by atoms with Crippen molar-refractivity contribution in [2.75, 3.05) is 44.2 Å². The fourth-order valence-electron chi connectivity index (χ4n) is 4.27. The first-order chi connectivity index (χ1) is 13.8. The van der Waals surface area contributed by atoms with Crippen molar-refractivity contribution in [1.29, 1.82) is 0 Å². The maximum atomic E-state index is 4.78. The largest absolute Gasteiger partial charge is 0.357 e. The maximum Gasteiger partial charge on any atom is 0.191 e. The van der Waals surface area contributed by atoms with Gasteiger partial charge in [0.2, 0.25) is 0 Å². The van der Waals surface area contributed by atoms with E-state index in [1.165, 1.54) is 45.1 Å². The summed E-state index contributed by atoms with van der Waals surface area (Å²) in [5.74, 6) is 2.02. The summed E-state index contributed by atoms with van der Waals surface area (Å²) in [6.07, 6.45) is 9.83. The molecular weight excluding hydrogens is 348 g/mol. The summed E-state index contributed by atoms with van der Waals surface area (Å²) in [5.41, 5.74) is 1.16. The molecule has 1 atom stereocenters. The molecule has 0 saturated carbocycles. The molecule has 1 aromatic rings. The quantitative estimate of drug-likeness (QED) is 0.557. The maximum absolute atomic E-state index is 4.78. The van der Waals surface area contributed by atoms with Gasteiger partial charge in [-0.3, -0.25) is 4.90 Å². The van der Waals surface area contributed by atoms with Gasteiger partial charge < -0.3 is 15.5 Å². The Kier molecular flexibility index (Phi) is 8.40. The van der Waals surface area contributed by atoms with Crippen LogP contribution in [-0.4, -0.2) is 61.2 Å². The molecule has 156 valence electrons. The predicted octanol–water partition coefficient (Wildman–Crippen LogP) is 3.00. The van der Waals surface area contributed by atoms with E-state index in [4.69, 9.17) is 9.98 Å². The number of hydrogen-bond acceptors (Lipinski definition) is 4. The third kappa shape index (κ3) is 6.09. The van der Waals surface area contributed by atoms with E-state index in [-0.39, 0.29) is 0 Å². The normalized spacial score (nSPS) is 21.6. The molecule has 0 bridgehead atoms. The minimum atomic E-state index is 0.628. The van der Waals surface area contributed by atoms with E-state index in [1.807, 2.05) is 6.20 Å². The van der Waals surface area contributed by atoms with Crippen LogP contribution in [0, 0.1) is 0 Å². The first-order valence-electron chi connectivity index (χ1n) is 11.3. The molecule has 2 aliphatic heterocycles. The molecule has 2 N–H and O–H groups in total. The second-order valence-electron chi connectivity index (χ2n) is 7.93. The summed E-state index contributed by atoms with van der Waals surface area (Å²) in [6.45, 7) is 11.5. The van der Waals surface area contributed by atoms with Crippen LogP contribution in [0.1, 0.15) is 57.9 Å². The Bertz CT molecular complexity index is 592. The van der Waals surface area contributed by atoms with Crippen molar-refractivity contribution in [3.8, 4) is 0 Å². The number of likely N-dealkylation sites (N-methyl/N-ethyl adjacent to an activating group) is 1. The Morgan fingerprint density at radius 2 is 1.89 bits per heavy atom. The number of anilines is 1. The van der Waals surface area contributed by atoms with E-state index < -0.39 is 0 Å². The Balaban J connectivity index is 1.53. The van der Waals surface area contributed by atoms with E-state index in [0.717, 1.165) is 50.1 Å². The lowest BCUT2D eigenvalue weighted by Crippen LogP contribution is -2.44. The molecule has 2 fully saturated rings. The van der Waals surface area contributed by atoms with Gasteiger partial charge in [-0.25, -0.2) is 9.98 Å². The summed E-state index contributed by atoms with van der Waals surface area (Å²) in [6, 6.07) is 4.97. The van der Waals surface area contributed by atoms with Crippen LogP contribution in [0.15, 0.2) is 23.3 Å². The van der Waals surface area contributed by atoms with Gasteiger partial charge >= 0.3 is 0 Å². The van der Waals surface area contributed by atoms with Gasteiger partial charge in [-0.05, 0) is 57.3 Å². The average molecular weight is 387 g/mol. The Hall–Kier alpha value is -1.82. The third-order valence-electron chi connectivity index (χ3n) is 5.91. The molecule has 3 rings (SSSR count). The number of aromatic nitrogens is 1. The van der Waals surface area contributed by atoms with E-state index in [0.29, 0.717) is 12.6 Å². The molecule has 6 heteroatoms. The monoisotopic (exact) mass is 386 g/mol. The number of hydrogen-bond donors (Lipinski definition) is 2. The van der Waals surface area contributed by atoms with Crippen LogP contribution in [0.3, 0.4) is 0 Å². The van der Waals surface area contributed by atoms with Gasteiger partial charge in [0.1, 0.15) is 5.82 Å². The van der Waals surface area contributed by atoms with Crippen LogP contribution in [0.25, 0.3) is 0 Å². The number of rotatable bonds is 7. The molecule has 0 aromatic carbocycles. The second-order valence-corrected chi connectivity index (χ2v) is 7.93. The van der Waals surface area contributed by atoms with Crippen molar-refractivity contribution in [1.82, 2.24) is 20.5 Å². The van der Waals surface area contributed by atoms with E-state index in [1.54, 1.807) is 0 Å². The molecule has 6 nitrogen and oxygen atoms in total. The molecule has 1 unspecified atom stereocenters. The lowest BCUT2D eigenvalue weighted by Gasteiger charge is -2.24. The molecule has 3 heterocycles. The van der Waals surface area contributed by atoms with Crippen molar-refractivity contribution in [2.45, 2.75) is 65.0 Å². The zero-order chi connectivity index (χ0) is 19.6. The van der Waals surface area contributed by atoms with E-state index in [9.17, 15) is 0 Å². The van der Waals surface area contributed by atoms with Crippen LogP contribution in [-0.2, 0) is 6.54 Å². The van der Waals surface area contributed by atoms with Gasteiger partial charge in [-0.15, -0.1) is 0 Å². The van der Waals surface area contributed by atoms with Crippen LogP contribution < -0.4 is 15.5 Å². The first kappa shape index (κ1) is 20.9. The van der Waals surface area contributed by atoms with Gasteiger partial charge in [0.05, 0.1) is 6.54 Å². The van der Waals surface area contributed by atoms with Crippen LogP contribution >= 0.6 is 0 Å². The molecule has 0 radical (unpaired) electrons. The molecule has 0 amide bonds. The minimum Gasteiger partial charge on any atom is -0.357 e. The van der Waals surface area contributed by atoms with Gasteiger partial charge in [-0.1, -0.05) is 25.8 Å². The number of aliphatic imine (C=N–C) groups is 1. The van der Waals surface area contributed by atoms with E-state index >= 15 is 0 Å². The molecule has 2 aliphatic rings. The highest BCUT2D eigenvalue weighted by atomic mass is 15.2. The van der Waals surface area contributed by atoms with Crippen LogP contribution in [0.4, 0.5) is 5.82 Å². The summed E-state index contributed by atoms with van der Waals surface area (Å²) in [4.78, 5) is 14.5. The summed E-state index contributed by atoms with van der Waals surface area (Å²) >= 11 is 0. The summed E-state index contributed by atoms with van der Waals surface area (Å²) < 4.78 is 0. The highest BCUT2D eigenvalue weighted by molar-refractivity contribution is 5.79. The highest BCUT2D eigenvalue weighted by Crippen LogP contribution is 2.18. The Morgan fingerprint density at radius 3 is 2.57 bits per heavy atom. The van der Waals surface area contributed by atoms with Gasteiger partial charge in [-0.2, -0.15) is 0 Å². The fourth-order valence-corrected chi connectivity index (χ4v) is 4.27. The number of nitrogens with zero attached hydrogens (tertiary/aromatic N) is 4. The molecule has 0 spiro atoms. The topological polar surface area (TPSA) is 55.8 Å². The van der Waals surface area contributed by atoms with Crippen molar-refractivity contribution >= 4 is 11.8 Å². The molecule has 28 heavy (non-hydrogen) atoms. The molecular formula is C22H38N6. The zero-order valence-corrected chi connectivity index (χ0v) is 17.8. The minimum absolute atomic E-state index is 0.628. The molecule has 2 saturated heterocycles. The number of nitrogens with one attached hydrogen (secondary N) is 2. The van der Waals surface area contributed by atoms with E-state index in [2.05, 4.69) is 46.4 Å². The van der Waals surface area contributed by atoms with Crippen molar-refractivity contribution in [2.24, 2.45) is 4.99 Å². The fraction of sp³-hybridized carbons (Fsp3) is 0.727. The molecule has 0 aliphatic carbocycles. The number of pyridine rings is 1. The van der Waals surface area contributed by atoms with Crippen LogP contribution in [0.2, 0.25) is 0 Å². The van der Waals surface area contributed by atoms with Crippen molar-refractivity contribution in [3.05, 3.63) is 23.9 Å². The summed E-state index contributed by atoms with van der Waals surface area (Å²) in [7, 11) is 0. The Morgan fingerprint density at radius 1 is 1.07 bits per heavy atom. The van der Waals surface area contributed by atoms with Gasteiger partial charge in [0, 0.05) is 38.4 Å². The standard InChI is InChI=1S/C22H38N6/c1-3-23-22(26-18-20-10-9-15-27(20)4-2)25-17-19-11-12-21(24-16-19)28-13-7-5-6-8-14-28/h11-12,16,20H,3-10,13-15,17-18H2,1-2H3,(H2,23,25,26). The molecule has 1 aromatic heterocycles. The van der Waals surface area contributed by atoms with Gasteiger partial charge in [0.25, 0.3) is 0 Å². The average Bonchev–Trinajstić information content (AvgIpc) is 3.01. The van der Waals surface area contributed by atoms with Gasteiger partial charge in [0.15, 0.2) is 5.96 Å². The zero-order valence-electron chi connectivity index (χ0n) is 17.8. The van der Waals surface area contributed by atoms with Crippen molar-refractivity contribution in [3.63, 3.8) is 0 Å². The Labute approximate surface area is 170 Å². The lowest BCUT2D eigenvalue weighted by atomic mass is 10.2. The van der Waals surface area contributed by atoms with Crippen molar-refractivity contribution < 1.29 is 0 Å². The summed E-state index contributed by atoms with van der Waals surface area (Å²) in [5, 5.41) is 6.91. The number of likely N-dealkylation sites (tertiary alicyclic amines) is 1. The highest BCUT2D eigenvalue weighted by Gasteiger charge is 2.22. The first-order valence-corrected chi connectivity index (χ1v) is 11.3. The predicted molar refractivity (Wildman–Crippen MR) is 118 cm³/mol. The lowest BCUT2D eigenvalue weighted by molar-refractivity contribution is 0.267. The third-order valence-corrected chi connectivity index (χ3v) is 5.91. The van der Waals surface area contributed by atoms with Crippen LogP contribution in [0.5, 0.6) is 0 Å². The smallest absolute Gasteiger partial charge is 0.191 e. The number of guanidine groups is 1. The second kappa shape index (κ2) is 11.2.